The molecule has 1 heterocycles. The molecule has 0 saturated carbocycles. The van der Waals surface area contributed by atoms with Crippen LogP contribution in [0.25, 0.3) is 11.1 Å². The standard InChI is InChI=1S/C21H23NO4/c1-2-18(19-12-7-13-26-19)22-20(23)16-10-5-3-8-14(16)15-9-4-6-11-17(15)21(24)25/h3-6,8-11,18-19H,2,7,12-13H2,1H3,(H,22,23)(H,24,25). The molecule has 0 radical (unpaired) electrons. The number of carboxylic acid groups (broad SMARTS) is 1. The van der Waals surface area contributed by atoms with Gasteiger partial charge in [0.05, 0.1) is 17.7 Å². The van der Waals surface area contributed by atoms with E-state index in [0.29, 0.717) is 16.7 Å². The molecule has 0 spiro atoms. The normalized spacial score (nSPS) is 17.7. The van der Waals surface area contributed by atoms with Gasteiger partial charge in [0.25, 0.3) is 5.91 Å². The van der Waals surface area contributed by atoms with Crippen molar-refractivity contribution < 1.29 is 19.4 Å². The van der Waals surface area contributed by atoms with Crippen molar-refractivity contribution in [3.63, 3.8) is 0 Å². The zero-order chi connectivity index (χ0) is 18.5. The maximum absolute atomic E-state index is 12.9. The van der Waals surface area contributed by atoms with E-state index in [1.54, 1.807) is 42.5 Å². The number of carbonyl (C=O) groups is 2. The summed E-state index contributed by atoms with van der Waals surface area (Å²) in [4.78, 5) is 24.5. The Morgan fingerprint density at radius 2 is 1.73 bits per heavy atom. The molecule has 1 aliphatic heterocycles. The lowest BCUT2D eigenvalue weighted by Crippen LogP contribution is -2.42. The van der Waals surface area contributed by atoms with Gasteiger partial charge in [0, 0.05) is 12.2 Å². The third kappa shape index (κ3) is 3.78. The number of hydrogen-bond donors (Lipinski definition) is 2. The molecule has 2 unspecified atom stereocenters. The Balaban J connectivity index is 1.92. The van der Waals surface area contributed by atoms with Crippen molar-refractivity contribution in [3.8, 4) is 11.1 Å². The zero-order valence-corrected chi connectivity index (χ0v) is 14.8. The molecule has 1 fully saturated rings. The van der Waals surface area contributed by atoms with Crippen molar-refractivity contribution in [1.82, 2.24) is 5.32 Å². The van der Waals surface area contributed by atoms with Crippen molar-refractivity contribution in [2.45, 2.75) is 38.3 Å². The molecule has 3 rings (SSSR count). The van der Waals surface area contributed by atoms with Crippen LogP contribution >= 0.6 is 0 Å². The first-order valence-electron chi connectivity index (χ1n) is 8.96. The number of amides is 1. The molecule has 1 amide bonds. The van der Waals surface area contributed by atoms with Crippen molar-refractivity contribution in [1.29, 1.82) is 0 Å². The molecule has 2 aromatic carbocycles. The van der Waals surface area contributed by atoms with Crippen LogP contribution in [0.5, 0.6) is 0 Å². The molecule has 1 saturated heterocycles. The van der Waals surface area contributed by atoms with E-state index >= 15 is 0 Å². The van der Waals surface area contributed by atoms with Crippen molar-refractivity contribution in [2.75, 3.05) is 6.61 Å². The van der Waals surface area contributed by atoms with Gasteiger partial charge < -0.3 is 15.2 Å². The Hall–Kier alpha value is -2.66. The number of carbonyl (C=O) groups excluding carboxylic acids is 1. The van der Waals surface area contributed by atoms with Crippen molar-refractivity contribution in [3.05, 3.63) is 59.7 Å². The van der Waals surface area contributed by atoms with Gasteiger partial charge >= 0.3 is 5.97 Å². The molecular formula is C21H23NO4. The van der Waals surface area contributed by atoms with Gasteiger partial charge in [-0.15, -0.1) is 0 Å². The second-order valence-electron chi connectivity index (χ2n) is 6.44. The SMILES string of the molecule is CCC(NC(=O)c1ccccc1-c1ccccc1C(=O)O)C1CCCO1. The van der Waals surface area contributed by atoms with Gasteiger partial charge in [0.2, 0.25) is 0 Å². The van der Waals surface area contributed by atoms with E-state index in [9.17, 15) is 14.7 Å². The summed E-state index contributed by atoms with van der Waals surface area (Å²) < 4.78 is 5.72. The summed E-state index contributed by atoms with van der Waals surface area (Å²) in [6.45, 7) is 2.76. The summed E-state index contributed by atoms with van der Waals surface area (Å²) >= 11 is 0. The summed E-state index contributed by atoms with van der Waals surface area (Å²) in [6.07, 6.45) is 2.79. The van der Waals surface area contributed by atoms with Crippen LogP contribution < -0.4 is 5.32 Å². The number of ether oxygens (including phenoxy) is 1. The molecule has 0 aromatic heterocycles. The minimum Gasteiger partial charge on any atom is -0.478 e. The molecule has 5 heteroatoms. The molecule has 136 valence electrons. The van der Waals surface area contributed by atoms with E-state index in [2.05, 4.69) is 5.32 Å². The molecule has 2 aromatic rings. The summed E-state index contributed by atoms with van der Waals surface area (Å²) in [5.41, 5.74) is 1.80. The Labute approximate surface area is 153 Å². The lowest BCUT2D eigenvalue weighted by molar-refractivity contribution is 0.0665. The molecule has 2 atom stereocenters. The van der Waals surface area contributed by atoms with Gasteiger partial charge in [-0.2, -0.15) is 0 Å². The van der Waals surface area contributed by atoms with Crippen LogP contribution in [-0.2, 0) is 4.74 Å². The molecule has 5 nitrogen and oxygen atoms in total. The smallest absolute Gasteiger partial charge is 0.336 e. The average Bonchev–Trinajstić information content (AvgIpc) is 3.20. The second-order valence-corrected chi connectivity index (χ2v) is 6.44. The van der Waals surface area contributed by atoms with Crippen LogP contribution in [0, 0.1) is 0 Å². The highest BCUT2D eigenvalue weighted by Gasteiger charge is 2.27. The highest BCUT2D eigenvalue weighted by Crippen LogP contribution is 2.28. The Bertz CT molecular complexity index is 796. The number of carboxylic acids is 1. The van der Waals surface area contributed by atoms with E-state index < -0.39 is 5.97 Å². The largest absolute Gasteiger partial charge is 0.478 e. The monoisotopic (exact) mass is 353 g/mol. The number of aromatic carboxylic acids is 1. The fourth-order valence-corrected chi connectivity index (χ4v) is 3.44. The van der Waals surface area contributed by atoms with Gasteiger partial charge in [-0.05, 0) is 42.5 Å². The summed E-state index contributed by atoms with van der Waals surface area (Å²) in [5, 5.41) is 12.5. The first-order chi connectivity index (χ1) is 12.6. The lowest BCUT2D eigenvalue weighted by Gasteiger charge is -2.23. The maximum Gasteiger partial charge on any atom is 0.336 e. The van der Waals surface area contributed by atoms with Crippen molar-refractivity contribution in [2.24, 2.45) is 0 Å². The average molecular weight is 353 g/mol. The van der Waals surface area contributed by atoms with Crippen molar-refractivity contribution >= 4 is 11.9 Å². The van der Waals surface area contributed by atoms with Crippen LogP contribution in [0.1, 0.15) is 46.9 Å². The zero-order valence-electron chi connectivity index (χ0n) is 14.8. The van der Waals surface area contributed by atoms with E-state index in [-0.39, 0.29) is 23.6 Å². The third-order valence-electron chi connectivity index (χ3n) is 4.79. The van der Waals surface area contributed by atoms with Crippen LogP contribution in [0.4, 0.5) is 0 Å². The highest BCUT2D eigenvalue weighted by molar-refractivity contribution is 6.04. The molecule has 0 aliphatic carbocycles. The van der Waals surface area contributed by atoms with E-state index in [1.165, 1.54) is 0 Å². The van der Waals surface area contributed by atoms with Crippen LogP contribution in [0.15, 0.2) is 48.5 Å². The van der Waals surface area contributed by atoms with Gasteiger partial charge in [0.1, 0.15) is 0 Å². The Morgan fingerprint density at radius 3 is 2.31 bits per heavy atom. The fourth-order valence-electron chi connectivity index (χ4n) is 3.44. The second kappa shape index (κ2) is 8.15. The summed E-state index contributed by atoms with van der Waals surface area (Å²) in [5.74, 6) is -1.22. The first-order valence-corrected chi connectivity index (χ1v) is 8.96. The molecular weight excluding hydrogens is 330 g/mol. The van der Waals surface area contributed by atoms with E-state index in [0.717, 1.165) is 25.9 Å². The Morgan fingerprint density at radius 1 is 1.12 bits per heavy atom. The number of hydrogen-bond acceptors (Lipinski definition) is 3. The minimum absolute atomic E-state index is 0.0439. The number of rotatable bonds is 6. The quantitative estimate of drug-likeness (QED) is 0.829. The predicted octanol–water partition coefficient (Wildman–Crippen LogP) is 3.74. The van der Waals surface area contributed by atoms with Crippen LogP contribution in [-0.4, -0.2) is 35.7 Å². The minimum atomic E-state index is -1.01. The number of benzene rings is 2. The molecule has 1 aliphatic rings. The predicted molar refractivity (Wildman–Crippen MR) is 99.4 cm³/mol. The fraction of sp³-hybridized carbons (Fsp3) is 0.333. The topological polar surface area (TPSA) is 75.6 Å². The van der Waals surface area contributed by atoms with Crippen LogP contribution in [0.2, 0.25) is 0 Å². The summed E-state index contributed by atoms with van der Waals surface area (Å²) in [6, 6.07) is 13.8. The van der Waals surface area contributed by atoms with Gasteiger partial charge in [-0.25, -0.2) is 4.79 Å². The number of nitrogens with one attached hydrogen (secondary N) is 1. The Kier molecular flexibility index (Phi) is 5.68. The third-order valence-corrected chi connectivity index (χ3v) is 4.79. The van der Waals surface area contributed by atoms with E-state index in [1.807, 2.05) is 13.0 Å². The lowest BCUT2D eigenvalue weighted by atomic mass is 9.94. The molecule has 0 bridgehead atoms. The molecule has 26 heavy (non-hydrogen) atoms. The maximum atomic E-state index is 12.9. The first kappa shape index (κ1) is 18.1. The van der Waals surface area contributed by atoms with Gasteiger partial charge in [-0.3, -0.25) is 4.79 Å². The van der Waals surface area contributed by atoms with E-state index in [4.69, 9.17) is 4.74 Å². The van der Waals surface area contributed by atoms with Gasteiger partial charge in [-0.1, -0.05) is 43.3 Å². The molecule has 2 N–H and O–H groups in total. The van der Waals surface area contributed by atoms with Crippen LogP contribution in [0.3, 0.4) is 0 Å². The van der Waals surface area contributed by atoms with Gasteiger partial charge in [0.15, 0.2) is 0 Å². The summed E-state index contributed by atoms with van der Waals surface area (Å²) in [7, 11) is 0. The highest BCUT2D eigenvalue weighted by atomic mass is 16.5.